The zero-order valence-corrected chi connectivity index (χ0v) is 13.6. The van der Waals surface area contributed by atoms with Gasteiger partial charge < -0.3 is 14.8 Å². The van der Waals surface area contributed by atoms with Gasteiger partial charge >= 0.3 is 0 Å². The summed E-state index contributed by atoms with van der Waals surface area (Å²) in [4.78, 5) is 12.0. The number of nitrogens with one attached hydrogen (secondary N) is 1. The van der Waals surface area contributed by atoms with Gasteiger partial charge in [0, 0.05) is 5.02 Å². The average Bonchev–Trinajstić information content (AvgIpc) is 2.55. The van der Waals surface area contributed by atoms with Crippen molar-refractivity contribution in [3.63, 3.8) is 0 Å². The molecule has 0 radical (unpaired) electrons. The number of carbonyl (C=O) groups is 1. The van der Waals surface area contributed by atoms with Crippen molar-refractivity contribution in [1.82, 2.24) is 0 Å². The molecule has 1 unspecified atom stereocenters. The molecule has 23 heavy (non-hydrogen) atoms. The van der Waals surface area contributed by atoms with Crippen LogP contribution in [-0.2, 0) is 16.1 Å². The summed E-state index contributed by atoms with van der Waals surface area (Å²) in [6.45, 7) is 1.85. The summed E-state index contributed by atoms with van der Waals surface area (Å²) in [5, 5.41) is 2.74. The normalized spacial score (nSPS) is 11.8. The molecule has 1 atom stereocenters. The lowest BCUT2D eigenvalue weighted by atomic mass is 10.2. The highest BCUT2D eigenvalue weighted by Crippen LogP contribution is 2.19. The van der Waals surface area contributed by atoms with Crippen molar-refractivity contribution in [2.75, 3.05) is 12.4 Å². The van der Waals surface area contributed by atoms with Gasteiger partial charge in [0.1, 0.15) is 17.7 Å². The Labute approximate surface area is 139 Å². The number of methoxy groups -OCH3 is 1. The molecule has 0 fully saturated rings. The lowest BCUT2D eigenvalue weighted by molar-refractivity contribution is -0.127. The van der Waals surface area contributed by atoms with Gasteiger partial charge in [0.15, 0.2) is 0 Å². The summed E-state index contributed by atoms with van der Waals surface area (Å²) in [7, 11) is 1.58. The highest BCUT2D eigenvalue weighted by molar-refractivity contribution is 6.30. The van der Waals surface area contributed by atoms with E-state index in [1.165, 1.54) is 12.1 Å². The highest BCUT2D eigenvalue weighted by atomic mass is 35.5. The molecule has 0 aliphatic carbocycles. The second kappa shape index (κ2) is 7.94. The number of rotatable bonds is 6. The first-order valence-electron chi connectivity index (χ1n) is 7.00. The largest absolute Gasteiger partial charge is 0.497 e. The van der Waals surface area contributed by atoms with Crippen LogP contribution in [0.1, 0.15) is 12.5 Å². The Bertz CT molecular complexity index is 693. The molecule has 0 aromatic heterocycles. The number of carbonyl (C=O) groups excluding carboxylic acids is 1. The predicted molar refractivity (Wildman–Crippen MR) is 87.3 cm³/mol. The van der Waals surface area contributed by atoms with Crippen LogP contribution in [-0.4, -0.2) is 19.1 Å². The van der Waals surface area contributed by atoms with Crippen molar-refractivity contribution in [3.05, 3.63) is 58.9 Å². The number of halogens is 2. The van der Waals surface area contributed by atoms with E-state index in [0.717, 1.165) is 11.6 Å². The van der Waals surface area contributed by atoms with Crippen LogP contribution in [0.4, 0.5) is 10.1 Å². The molecule has 2 rings (SSSR count). The van der Waals surface area contributed by atoms with E-state index in [-0.39, 0.29) is 17.3 Å². The fourth-order valence-electron chi connectivity index (χ4n) is 1.88. The minimum atomic E-state index is -0.740. The molecule has 0 saturated carbocycles. The molecule has 2 aromatic rings. The molecule has 4 nitrogen and oxygen atoms in total. The second-order valence-corrected chi connectivity index (χ2v) is 5.35. The van der Waals surface area contributed by atoms with Gasteiger partial charge in [0.2, 0.25) is 0 Å². The van der Waals surface area contributed by atoms with Crippen LogP contribution in [0.15, 0.2) is 42.5 Å². The summed E-state index contributed by atoms with van der Waals surface area (Å²) < 4.78 is 24.3. The topological polar surface area (TPSA) is 47.6 Å². The van der Waals surface area contributed by atoms with Crippen molar-refractivity contribution >= 4 is 23.2 Å². The maximum atomic E-state index is 13.7. The first-order chi connectivity index (χ1) is 11.0. The van der Waals surface area contributed by atoms with Crippen molar-refractivity contribution < 1.29 is 18.7 Å². The van der Waals surface area contributed by atoms with Crippen molar-refractivity contribution in [3.8, 4) is 5.75 Å². The highest BCUT2D eigenvalue weighted by Gasteiger charge is 2.15. The Morgan fingerprint density at radius 1 is 1.30 bits per heavy atom. The zero-order valence-electron chi connectivity index (χ0n) is 12.8. The van der Waals surface area contributed by atoms with E-state index in [9.17, 15) is 9.18 Å². The number of hydrogen-bond donors (Lipinski definition) is 1. The zero-order chi connectivity index (χ0) is 16.8. The summed E-state index contributed by atoms with van der Waals surface area (Å²) >= 11 is 5.67. The number of hydrogen-bond acceptors (Lipinski definition) is 3. The van der Waals surface area contributed by atoms with E-state index < -0.39 is 17.8 Å². The smallest absolute Gasteiger partial charge is 0.253 e. The van der Waals surface area contributed by atoms with Gasteiger partial charge in [-0.3, -0.25) is 4.79 Å². The molecular formula is C17H17ClFNO3. The maximum Gasteiger partial charge on any atom is 0.253 e. The van der Waals surface area contributed by atoms with Crippen LogP contribution in [0.5, 0.6) is 5.75 Å². The first-order valence-corrected chi connectivity index (χ1v) is 7.38. The number of amides is 1. The van der Waals surface area contributed by atoms with Crippen LogP contribution in [0, 0.1) is 5.82 Å². The predicted octanol–water partition coefficient (Wildman–Crippen LogP) is 4.03. The molecule has 122 valence electrons. The van der Waals surface area contributed by atoms with Gasteiger partial charge in [0.05, 0.1) is 19.4 Å². The van der Waals surface area contributed by atoms with Crippen LogP contribution in [0.25, 0.3) is 0 Å². The monoisotopic (exact) mass is 337 g/mol. The van der Waals surface area contributed by atoms with Gasteiger partial charge in [-0.1, -0.05) is 23.7 Å². The maximum absolute atomic E-state index is 13.7. The Balaban J connectivity index is 1.91. The van der Waals surface area contributed by atoms with E-state index in [0.29, 0.717) is 5.75 Å². The summed E-state index contributed by atoms with van der Waals surface area (Å²) in [6, 6.07) is 11.4. The first kappa shape index (κ1) is 17.2. The van der Waals surface area contributed by atoms with E-state index in [1.54, 1.807) is 14.0 Å². The standard InChI is InChI=1S/C17H17ClFNO3/c1-11(23-10-12-4-3-5-14(8-12)22-2)17(21)20-16-7-6-13(18)9-15(16)19/h3-9,11H,10H2,1-2H3,(H,20,21). The van der Waals surface area contributed by atoms with Crippen LogP contribution < -0.4 is 10.1 Å². The van der Waals surface area contributed by atoms with E-state index >= 15 is 0 Å². The molecule has 0 saturated heterocycles. The summed E-state index contributed by atoms with van der Waals surface area (Å²) in [6.07, 6.45) is -0.740. The van der Waals surface area contributed by atoms with Gasteiger partial charge in [-0.15, -0.1) is 0 Å². The minimum Gasteiger partial charge on any atom is -0.497 e. The molecule has 1 amide bonds. The lowest BCUT2D eigenvalue weighted by Gasteiger charge is -2.14. The molecular weight excluding hydrogens is 321 g/mol. The van der Waals surface area contributed by atoms with Crippen molar-refractivity contribution in [2.24, 2.45) is 0 Å². The van der Waals surface area contributed by atoms with E-state index in [2.05, 4.69) is 5.32 Å². The fraction of sp³-hybridized carbons (Fsp3) is 0.235. The molecule has 0 spiro atoms. The minimum absolute atomic E-state index is 0.0660. The van der Waals surface area contributed by atoms with Crippen LogP contribution in [0.2, 0.25) is 5.02 Å². The van der Waals surface area contributed by atoms with Gasteiger partial charge in [-0.2, -0.15) is 0 Å². The molecule has 0 bridgehead atoms. The lowest BCUT2D eigenvalue weighted by Crippen LogP contribution is -2.28. The number of ether oxygens (including phenoxy) is 2. The van der Waals surface area contributed by atoms with Gasteiger partial charge in [-0.25, -0.2) is 4.39 Å². The Kier molecular flexibility index (Phi) is 5.96. The van der Waals surface area contributed by atoms with Gasteiger partial charge in [-0.05, 0) is 42.8 Å². The molecule has 2 aromatic carbocycles. The third kappa shape index (κ3) is 4.94. The SMILES string of the molecule is COc1cccc(COC(C)C(=O)Nc2ccc(Cl)cc2F)c1. The molecule has 6 heteroatoms. The Morgan fingerprint density at radius 3 is 2.78 bits per heavy atom. The third-order valence-electron chi connectivity index (χ3n) is 3.19. The molecule has 0 aliphatic heterocycles. The Hall–Kier alpha value is -2.11. The quantitative estimate of drug-likeness (QED) is 0.865. The second-order valence-electron chi connectivity index (χ2n) is 4.92. The molecule has 0 aliphatic rings. The number of anilines is 1. The van der Waals surface area contributed by atoms with Gasteiger partial charge in [0.25, 0.3) is 5.91 Å². The van der Waals surface area contributed by atoms with Crippen molar-refractivity contribution in [2.45, 2.75) is 19.6 Å². The summed E-state index contributed by atoms with van der Waals surface area (Å²) in [5.41, 5.74) is 0.943. The number of benzene rings is 2. The Morgan fingerprint density at radius 2 is 2.09 bits per heavy atom. The summed E-state index contributed by atoms with van der Waals surface area (Å²) in [5.74, 6) is -0.314. The fourth-order valence-corrected chi connectivity index (χ4v) is 2.04. The molecule has 1 N–H and O–H groups in total. The van der Waals surface area contributed by atoms with Crippen molar-refractivity contribution in [1.29, 1.82) is 0 Å². The van der Waals surface area contributed by atoms with Crippen LogP contribution in [0.3, 0.4) is 0 Å². The van der Waals surface area contributed by atoms with E-state index in [1.807, 2.05) is 24.3 Å². The average molecular weight is 338 g/mol. The van der Waals surface area contributed by atoms with E-state index in [4.69, 9.17) is 21.1 Å². The third-order valence-corrected chi connectivity index (χ3v) is 3.43. The molecule has 0 heterocycles. The van der Waals surface area contributed by atoms with Crippen LogP contribution >= 0.6 is 11.6 Å².